The Morgan fingerprint density at radius 2 is 1.93 bits per heavy atom. The van der Waals surface area contributed by atoms with E-state index in [1.807, 2.05) is 24.3 Å². The summed E-state index contributed by atoms with van der Waals surface area (Å²) >= 11 is 0. The zero-order valence-corrected chi connectivity index (χ0v) is 17.0. The molecule has 0 bridgehead atoms. The van der Waals surface area contributed by atoms with Crippen molar-refractivity contribution in [1.82, 2.24) is 5.32 Å². The molecule has 1 aliphatic carbocycles. The molecule has 1 fully saturated rings. The molecule has 1 aromatic carbocycles. The molecule has 0 heterocycles. The van der Waals surface area contributed by atoms with E-state index in [1.165, 1.54) is 25.7 Å². The summed E-state index contributed by atoms with van der Waals surface area (Å²) in [5.41, 5.74) is 0.678. The van der Waals surface area contributed by atoms with Crippen LogP contribution in [0.2, 0.25) is 0 Å². The number of hydrogen-bond acceptors (Lipinski definition) is 4. The third-order valence-electron chi connectivity index (χ3n) is 5.13. The highest BCUT2D eigenvalue weighted by atomic mass is 16.6. The predicted octanol–water partition coefficient (Wildman–Crippen LogP) is 5.36. The SMILES string of the molecule is CCCCCCOc1ccccc1NC(=O)O[C@H]1CCCC[C@@H]1CNCC. The number of unbranched alkanes of at least 4 members (excludes halogenated alkanes) is 3. The Balaban J connectivity index is 1.85. The van der Waals surface area contributed by atoms with Crippen molar-refractivity contribution in [2.24, 2.45) is 5.92 Å². The molecule has 5 heteroatoms. The van der Waals surface area contributed by atoms with Crippen LogP contribution in [0, 0.1) is 5.92 Å². The van der Waals surface area contributed by atoms with Crippen LogP contribution in [0.5, 0.6) is 5.75 Å². The molecule has 0 spiro atoms. The topological polar surface area (TPSA) is 59.6 Å². The minimum atomic E-state index is -0.384. The summed E-state index contributed by atoms with van der Waals surface area (Å²) in [7, 11) is 0. The lowest BCUT2D eigenvalue weighted by Crippen LogP contribution is -2.37. The second-order valence-corrected chi connectivity index (χ2v) is 7.33. The maximum atomic E-state index is 12.5. The molecule has 1 aromatic rings. The minimum absolute atomic E-state index is 0.0140. The highest BCUT2D eigenvalue weighted by Crippen LogP contribution is 2.28. The Kier molecular flexibility index (Phi) is 10.1. The van der Waals surface area contributed by atoms with Gasteiger partial charge < -0.3 is 14.8 Å². The molecule has 0 aliphatic heterocycles. The van der Waals surface area contributed by atoms with E-state index in [-0.39, 0.29) is 12.2 Å². The van der Waals surface area contributed by atoms with Gasteiger partial charge in [0, 0.05) is 12.5 Å². The number of hydrogen-bond donors (Lipinski definition) is 2. The molecule has 0 aromatic heterocycles. The van der Waals surface area contributed by atoms with Crippen molar-refractivity contribution < 1.29 is 14.3 Å². The lowest BCUT2D eigenvalue weighted by atomic mass is 9.86. The first kappa shape index (κ1) is 21.5. The first-order valence-electron chi connectivity index (χ1n) is 10.6. The number of carbonyl (C=O) groups excluding carboxylic acids is 1. The van der Waals surface area contributed by atoms with Crippen molar-refractivity contribution in [2.75, 3.05) is 25.0 Å². The Labute approximate surface area is 164 Å². The summed E-state index contributed by atoms with van der Waals surface area (Å²) < 4.78 is 11.6. The molecule has 27 heavy (non-hydrogen) atoms. The van der Waals surface area contributed by atoms with Crippen LogP contribution < -0.4 is 15.4 Å². The second-order valence-electron chi connectivity index (χ2n) is 7.33. The van der Waals surface area contributed by atoms with E-state index in [0.717, 1.165) is 38.8 Å². The molecule has 5 nitrogen and oxygen atoms in total. The van der Waals surface area contributed by atoms with Gasteiger partial charge in [-0.25, -0.2) is 4.79 Å². The largest absolute Gasteiger partial charge is 0.491 e. The smallest absolute Gasteiger partial charge is 0.412 e. The number of anilines is 1. The van der Waals surface area contributed by atoms with Crippen LogP contribution in [-0.2, 0) is 4.74 Å². The lowest BCUT2D eigenvalue weighted by Gasteiger charge is -2.31. The summed E-state index contributed by atoms with van der Waals surface area (Å²) in [6, 6.07) is 7.57. The number of ether oxygens (including phenoxy) is 2. The highest BCUT2D eigenvalue weighted by molar-refractivity contribution is 5.86. The molecule has 0 unspecified atom stereocenters. The van der Waals surface area contributed by atoms with Gasteiger partial charge in [0.2, 0.25) is 0 Å². The molecule has 2 rings (SSSR count). The quantitative estimate of drug-likeness (QED) is 0.510. The molecule has 1 amide bonds. The van der Waals surface area contributed by atoms with Crippen molar-refractivity contribution in [2.45, 2.75) is 71.3 Å². The molecule has 1 aliphatic rings. The average molecular weight is 377 g/mol. The van der Waals surface area contributed by atoms with Crippen LogP contribution in [0.1, 0.15) is 65.2 Å². The van der Waals surface area contributed by atoms with E-state index < -0.39 is 0 Å². The Bertz CT molecular complexity index is 550. The van der Waals surface area contributed by atoms with Crippen LogP contribution in [0.25, 0.3) is 0 Å². The van der Waals surface area contributed by atoms with E-state index in [0.29, 0.717) is 24.0 Å². The Hall–Kier alpha value is -1.75. The van der Waals surface area contributed by atoms with Crippen molar-refractivity contribution in [1.29, 1.82) is 0 Å². The number of rotatable bonds is 11. The van der Waals surface area contributed by atoms with Gasteiger partial charge in [-0.2, -0.15) is 0 Å². The zero-order valence-electron chi connectivity index (χ0n) is 17.0. The van der Waals surface area contributed by atoms with Gasteiger partial charge in [-0.05, 0) is 44.4 Å². The van der Waals surface area contributed by atoms with Gasteiger partial charge in [-0.15, -0.1) is 0 Å². The minimum Gasteiger partial charge on any atom is -0.491 e. The van der Waals surface area contributed by atoms with E-state index in [9.17, 15) is 4.79 Å². The van der Waals surface area contributed by atoms with Gasteiger partial charge in [-0.1, -0.05) is 51.7 Å². The third-order valence-corrected chi connectivity index (χ3v) is 5.13. The monoisotopic (exact) mass is 376 g/mol. The number of amides is 1. The summed E-state index contributed by atoms with van der Waals surface area (Å²) in [5.74, 6) is 1.10. The van der Waals surface area contributed by atoms with Crippen LogP contribution in [0.15, 0.2) is 24.3 Å². The number of nitrogens with one attached hydrogen (secondary N) is 2. The highest BCUT2D eigenvalue weighted by Gasteiger charge is 2.28. The zero-order chi connectivity index (χ0) is 19.3. The molecule has 152 valence electrons. The molecule has 0 saturated heterocycles. The van der Waals surface area contributed by atoms with Crippen LogP contribution in [0.3, 0.4) is 0 Å². The number of carbonyl (C=O) groups is 1. The first-order valence-corrected chi connectivity index (χ1v) is 10.6. The third kappa shape index (κ3) is 7.79. The van der Waals surface area contributed by atoms with E-state index in [2.05, 4.69) is 24.5 Å². The number of para-hydroxylation sites is 2. The van der Waals surface area contributed by atoms with Crippen LogP contribution >= 0.6 is 0 Å². The molecule has 2 atom stereocenters. The maximum Gasteiger partial charge on any atom is 0.412 e. The summed E-state index contributed by atoms with van der Waals surface area (Å²) in [6.07, 6.45) is 8.63. The van der Waals surface area contributed by atoms with Gasteiger partial charge in [-0.3, -0.25) is 5.32 Å². The predicted molar refractivity (Wildman–Crippen MR) is 110 cm³/mol. The first-order chi connectivity index (χ1) is 13.2. The standard InChI is InChI=1S/C22H36N2O3/c1-3-5-6-11-16-26-21-15-10-8-13-19(21)24-22(25)27-20-14-9-7-12-18(20)17-23-4-2/h8,10,13,15,18,20,23H,3-7,9,11-12,14,16-17H2,1-2H3,(H,24,25)/t18-,20+/m1/s1. The maximum absolute atomic E-state index is 12.5. The lowest BCUT2D eigenvalue weighted by molar-refractivity contribution is 0.0459. The summed E-state index contributed by atoms with van der Waals surface area (Å²) in [5, 5.41) is 6.27. The molecule has 2 N–H and O–H groups in total. The van der Waals surface area contributed by atoms with Gasteiger partial charge in [0.05, 0.1) is 12.3 Å². The van der Waals surface area contributed by atoms with E-state index in [1.54, 1.807) is 0 Å². The molecule has 0 radical (unpaired) electrons. The molecular weight excluding hydrogens is 340 g/mol. The van der Waals surface area contributed by atoms with Crippen molar-refractivity contribution in [3.05, 3.63) is 24.3 Å². The fourth-order valence-corrected chi connectivity index (χ4v) is 3.58. The molecule has 1 saturated carbocycles. The van der Waals surface area contributed by atoms with Gasteiger partial charge >= 0.3 is 6.09 Å². The van der Waals surface area contributed by atoms with Gasteiger partial charge in [0.25, 0.3) is 0 Å². The van der Waals surface area contributed by atoms with E-state index in [4.69, 9.17) is 9.47 Å². The average Bonchev–Trinajstić information content (AvgIpc) is 2.68. The summed E-state index contributed by atoms with van der Waals surface area (Å²) in [6.45, 7) is 6.82. The van der Waals surface area contributed by atoms with Crippen molar-refractivity contribution >= 4 is 11.8 Å². The normalized spacial score (nSPS) is 19.5. The number of benzene rings is 1. The van der Waals surface area contributed by atoms with Crippen molar-refractivity contribution in [3.63, 3.8) is 0 Å². The second kappa shape index (κ2) is 12.6. The van der Waals surface area contributed by atoms with Gasteiger partial charge in [0.15, 0.2) is 0 Å². The summed E-state index contributed by atoms with van der Waals surface area (Å²) in [4.78, 5) is 12.5. The molecular formula is C22H36N2O3. The van der Waals surface area contributed by atoms with Crippen molar-refractivity contribution in [3.8, 4) is 5.75 Å². The van der Waals surface area contributed by atoms with Crippen LogP contribution in [-0.4, -0.2) is 31.9 Å². The van der Waals surface area contributed by atoms with E-state index >= 15 is 0 Å². The Morgan fingerprint density at radius 3 is 2.74 bits per heavy atom. The Morgan fingerprint density at radius 1 is 1.11 bits per heavy atom. The van der Waals surface area contributed by atoms with Gasteiger partial charge in [0.1, 0.15) is 11.9 Å². The fraction of sp³-hybridized carbons (Fsp3) is 0.682. The van der Waals surface area contributed by atoms with Crippen LogP contribution in [0.4, 0.5) is 10.5 Å². The fourth-order valence-electron chi connectivity index (χ4n) is 3.58.